The minimum absolute atomic E-state index is 0.237. The number of benzene rings is 2. The molecule has 2 aromatic rings. The first-order valence-corrected chi connectivity index (χ1v) is 14.1. The molecule has 3 heterocycles. The molecule has 2 aromatic carbocycles. The summed E-state index contributed by atoms with van der Waals surface area (Å²) in [6.07, 6.45) is 7.81. The fraction of sp³-hybridized carbons (Fsp3) is 0.500. The first-order valence-electron chi connectivity index (χ1n) is 13.4. The standard InChI is InChI=1S/C30H37Cl2N3O/c1-3-22(4-2)29-30(21-33-28-20-25(32)9-10-27(28)30)26(23-7-5-8-24(31)19-23)11-14-35(29)13-6-12-34-15-17-36-18-16-34/h3,5,7-10,19-21,26,29H,4,6,11-18H2,1-2H3. The van der Waals surface area contributed by atoms with Crippen molar-refractivity contribution in [2.45, 2.75) is 50.5 Å². The van der Waals surface area contributed by atoms with Gasteiger partial charge in [-0.25, -0.2) is 0 Å². The van der Waals surface area contributed by atoms with Gasteiger partial charge in [-0.3, -0.25) is 14.8 Å². The molecular weight excluding hydrogens is 489 g/mol. The van der Waals surface area contributed by atoms with E-state index in [2.05, 4.69) is 60.2 Å². The lowest BCUT2D eigenvalue weighted by Crippen LogP contribution is -2.59. The van der Waals surface area contributed by atoms with E-state index in [-0.39, 0.29) is 17.4 Å². The molecule has 0 saturated carbocycles. The summed E-state index contributed by atoms with van der Waals surface area (Å²) in [6, 6.07) is 15.0. The van der Waals surface area contributed by atoms with Crippen LogP contribution in [0.4, 0.5) is 5.69 Å². The number of hydrogen-bond acceptors (Lipinski definition) is 4. The monoisotopic (exact) mass is 525 g/mol. The molecule has 5 rings (SSSR count). The number of hydrogen-bond donors (Lipinski definition) is 0. The predicted molar refractivity (Wildman–Crippen MR) is 151 cm³/mol. The van der Waals surface area contributed by atoms with E-state index >= 15 is 0 Å². The van der Waals surface area contributed by atoms with Crippen LogP contribution in [0.2, 0.25) is 10.0 Å². The summed E-state index contributed by atoms with van der Waals surface area (Å²) in [4.78, 5) is 10.3. The van der Waals surface area contributed by atoms with Crippen LogP contribution in [0, 0.1) is 0 Å². The molecular formula is C30H37Cl2N3O. The molecule has 36 heavy (non-hydrogen) atoms. The predicted octanol–water partition coefficient (Wildman–Crippen LogP) is 6.88. The zero-order valence-electron chi connectivity index (χ0n) is 21.4. The van der Waals surface area contributed by atoms with Crippen molar-refractivity contribution in [1.82, 2.24) is 9.80 Å². The zero-order valence-corrected chi connectivity index (χ0v) is 22.9. The lowest BCUT2D eigenvalue weighted by atomic mass is 9.59. The van der Waals surface area contributed by atoms with E-state index < -0.39 is 0 Å². The van der Waals surface area contributed by atoms with Crippen LogP contribution in [-0.4, -0.2) is 68.0 Å². The number of allylic oxidation sites excluding steroid dienone is 1. The number of likely N-dealkylation sites (tertiary alicyclic amines) is 1. The van der Waals surface area contributed by atoms with E-state index in [9.17, 15) is 0 Å². The van der Waals surface area contributed by atoms with Crippen LogP contribution in [0.1, 0.15) is 50.2 Å². The third-order valence-corrected chi connectivity index (χ3v) is 8.82. The van der Waals surface area contributed by atoms with Crippen molar-refractivity contribution in [3.63, 3.8) is 0 Å². The molecule has 3 aliphatic heterocycles. The van der Waals surface area contributed by atoms with Crippen molar-refractivity contribution in [3.05, 3.63) is 75.3 Å². The number of piperidine rings is 1. The smallest absolute Gasteiger partial charge is 0.0683 e. The van der Waals surface area contributed by atoms with Gasteiger partial charge in [0.1, 0.15) is 0 Å². The van der Waals surface area contributed by atoms with Gasteiger partial charge in [0.05, 0.1) is 24.3 Å². The summed E-state index contributed by atoms with van der Waals surface area (Å²) < 4.78 is 5.55. The second kappa shape index (κ2) is 11.4. The first kappa shape index (κ1) is 25.9. The van der Waals surface area contributed by atoms with Gasteiger partial charge in [0.15, 0.2) is 0 Å². The topological polar surface area (TPSA) is 28.1 Å². The number of rotatable bonds is 7. The van der Waals surface area contributed by atoms with Gasteiger partial charge in [0, 0.05) is 47.9 Å². The summed E-state index contributed by atoms with van der Waals surface area (Å²) in [6.45, 7) is 11.5. The van der Waals surface area contributed by atoms with E-state index in [1.165, 1.54) is 16.7 Å². The molecule has 0 aromatic heterocycles. The fourth-order valence-electron chi connectivity index (χ4n) is 6.70. The van der Waals surface area contributed by atoms with Crippen LogP contribution < -0.4 is 0 Å². The van der Waals surface area contributed by atoms with E-state index in [0.29, 0.717) is 0 Å². The quantitative estimate of drug-likeness (QED) is 0.368. The normalized spacial score (nSPS) is 27.1. The Morgan fingerprint density at radius 3 is 2.64 bits per heavy atom. The largest absolute Gasteiger partial charge is 0.379 e. The number of nitrogens with zero attached hydrogens (tertiary/aromatic N) is 3. The molecule has 2 saturated heterocycles. The molecule has 1 spiro atoms. The van der Waals surface area contributed by atoms with Crippen LogP contribution >= 0.6 is 23.2 Å². The summed E-state index contributed by atoms with van der Waals surface area (Å²) >= 11 is 12.9. The molecule has 0 N–H and O–H groups in total. The molecule has 3 atom stereocenters. The number of morpholine rings is 1. The van der Waals surface area contributed by atoms with Gasteiger partial charge in [-0.15, -0.1) is 0 Å². The third-order valence-electron chi connectivity index (χ3n) is 8.35. The second-order valence-electron chi connectivity index (χ2n) is 10.2. The highest BCUT2D eigenvalue weighted by atomic mass is 35.5. The number of ether oxygens (including phenoxy) is 1. The number of halogens is 2. The maximum atomic E-state index is 6.52. The Labute approximate surface area is 225 Å². The van der Waals surface area contributed by atoms with Gasteiger partial charge in [0.25, 0.3) is 0 Å². The Morgan fingerprint density at radius 2 is 1.89 bits per heavy atom. The van der Waals surface area contributed by atoms with Gasteiger partial charge in [-0.2, -0.15) is 0 Å². The average Bonchev–Trinajstić information content (AvgIpc) is 3.25. The second-order valence-corrected chi connectivity index (χ2v) is 11.1. The summed E-state index contributed by atoms with van der Waals surface area (Å²) in [5, 5.41) is 1.53. The highest BCUT2D eigenvalue weighted by Crippen LogP contribution is 2.55. The Morgan fingerprint density at radius 1 is 1.08 bits per heavy atom. The summed E-state index contributed by atoms with van der Waals surface area (Å²) in [7, 11) is 0. The Bertz CT molecular complexity index is 1130. The number of fused-ring (bicyclic) bond motifs is 2. The van der Waals surface area contributed by atoms with Gasteiger partial charge < -0.3 is 4.74 Å². The lowest BCUT2D eigenvalue weighted by molar-refractivity contribution is 0.0335. The minimum atomic E-state index is -0.264. The average molecular weight is 527 g/mol. The zero-order chi connectivity index (χ0) is 25.1. The number of aliphatic imine (C=N–C) groups is 1. The molecule has 192 valence electrons. The van der Waals surface area contributed by atoms with Crippen molar-refractivity contribution < 1.29 is 4.74 Å². The van der Waals surface area contributed by atoms with Crippen LogP contribution in [-0.2, 0) is 10.2 Å². The molecule has 0 radical (unpaired) electrons. The van der Waals surface area contributed by atoms with Gasteiger partial charge >= 0.3 is 0 Å². The Hall–Kier alpha value is -1.69. The van der Waals surface area contributed by atoms with Crippen molar-refractivity contribution in [2.24, 2.45) is 4.99 Å². The fourth-order valence-corrected chi connectivity index (χ4v) is 7.07. The first-order chi connectivity index (χ1) is 17.6. The van der Waals surface area contributed by atoms with Crippen molar-refractivity contribution in [3.8, 4) is 0 Å². The van der Waals surface area contributed by atoms with Gasteiger partial charge in [0.2, 0.25) is 0 Å². The Kier molecular flexibility index (Phi) is 8.19. The van der Waals surface area contributed by atoms with Gasteiger partial charge in [-0.1, -0.05) is 60.0 Å². The molecule has 6 heteroatoms. The van der Waals surface area contributed by atoms with Crippen LogP contribution in [0.25, 0.3) is 0 Å². The lowest BCUT2D eigenvalue weighted by Gasteiger charge is -2.53. The summed E-state index contributed by atoms with van der Waals surface area (Å²) in [5.41, 5.74) is 4.79. The molecule has 3 aliphatic rings. The maximum absolute atomic E-state index is 6.52. The highest BCUT2D eigenvalue weighted by molar-refractivity contribution is 6.31. The molecule has 0 amide bonds. The summed E-state index contributed by atoms with van der Waals surface area (Å²) in [5.74, 6) is 0.282. The van der Waals surface area contributed by atoms with E-state index in [1.807, 2.05) is 18.2 Å². The van der Waals surface area contributed by atoms with Crippen LogP contribution in [0.15, 0.2) is 59.1 Å². The molecule has 0 bridgehead atoms. The molecule has 4 nitrogen and oxygen atoms in total. The highest BCUT2D eigenvalue weighted by Gasteiger charge is 2.55. The van der Waals surface area contributed by atoms with Crippen molar-refractivity contribution in [1.29, 1.82) is 0 Å². The third kappa shape index (κ3) is 4.91. The van der Waals surface area contributed by atoms with Crippen LogP contribution in [0.5, 0.6) is 0 Å². The molecule has 3 unspecified atom stereocenters. The van der Waals surface area contributed by atoms with E-state index in [4.69, 9.17) is 32.9 Å². The van der Waals surface area contributed by atoms with Gasteiger partial charge in [-0.05, 0) is 74.7 Å². The SMILES string of the molecule is CC=C(CC)C1N(CCCN2CCOCC2)CCC(c2cccc(Cl)c2)C12C=Nc1cc(Cl)ccc12. The van der Waals surface area contributed by atoms with Crippen molar-refractivity contribution >= 4 is 35.1 Å². The maximum Gasteiger partial charge on any atom is 0.0683 e. The van der Waals surface area contributed by atoms with Crippen LogP contribution in [0.3, 0.4) is 0 Å². The minimum Gasteiger partial charge on any atom is -0.379 e. The van der Waals surface area contributed by atoms with E-state index in [0.717, 1.165) is 80.9 Å². The molecule has 2 fully saturated rings. The van der Waals surface area contributed by atoms with Crippen molar-refractivity contribution in [2.75, 3.05) is 45.9 Å². The van der Waals surface area contributed by atoms with E-state index in [1.54, 1.807) is 0 Å². The molecule has 0 aliphatic carbocycles. The Balaban J connectivity index is 1.55.